The van der Waals surface area contributed by atoms with Crippen LogP contribution >= 0.6 is 0 Å². The summed E-state index contributed by atoms with van der Waals surface area (Å²) in [7, 11) is 0. The molecule has 0 spiro atoms. The number of nitrogens with one attached hydrogen (secondary N) is 1. The first-order chi connectivity index (χ1) is 8.97. The molecule has 1 fully saturated rings. The van der Waals surface area contributed by atoms with Crippen molar-refractivity contribution in [3.63, 3.8) is 0 Å². The Labute approximate surface area is 119 Å². The normalized spacial score (nSPS) is 22.7. The van der Waals surface area contributed by atoms with Gasteiger partial charge in [0, 0.05) is 6.54 Å². The highest BCUT2D eigenvalue weighted by Crippen LogP contribution is 2.34. The fraction of sp³-hybridized carbons (Fsp3) is 0.938. The lowest BCUT2D eigenvalue weighted by Gasteiger charge is -2.39. The van der Waals surface area contributed by atoms with Crippen LogP contribution in [0.4, 0.5) is 0 Å². The van der Waals surface area contributed by atoms with E-state index >= 15 is 0 Å². The van der Waals surface area contributed by atoms with Crippen LogP contribution in [0.15, 0.2) is 0 Å². The first-order valence-corrected chi connectivity index (χ1v) is 7.85. The highest BCUT2D eigenvalue weighted by atomic mass is 15.1. The van der Waals surface area contributed by atoms with Crippen LogP contribution in [0.25, 0.3) is 0 Å². The van der Waals surface area contributed by atoms with E-state index in [1.165, 1.54) is 32.4 Å². The summed E-state index contributed by atoms with van der Waals surface area (Å²) in [5, 5.41) is 12.7. The van der Waals surface area contributed by atoms with Crippen molar-refractivity contribution in [3.8, 4) is 6.07 Å². The maximum atomic E-state index is 9.33. The number of hydrogen-bond donors (Lipinski definition) is 1. The first kappa shape index (κ1) is 16.5. The van der Waals surface area contributed by atoms with E-state index in [0.29, 0.717) is 5.41 Å². The number of nitriles is 1. The van der Waals surface area contributed by atoms with Gasteiger partial charge >= 0.3 is 0 Å². The summed E-state index contributed by atoms with van der Waals surface area (Å²) in [5.41, 5.74) is 0.191. The summed E-state index contributed by atoms with van der Waals surface area (Å²) < 4.78 is 0. The lowest BCUT2D eigenvalue weighted by atomic mass is 9.78. The highest BCUT2D eigenvalue weighted by Gasteiger charge is 2.29. The Morgan fingerprint density at radius 1 is 1.32 bits per heavy atom. The molecule has 1 heterocycles. The van der Waals surface area contributed by atoms with Gasteiger partial charge in [-0.05, 0) is 57.7 Å². The van der Waals surface area contributed by atoms with Crippen molar-refractivity contribution in [2.45, 2.75) is 65.3 Å². The maximum Gasteiger partial charge on any atom is 0.105 e. The Kier molecular flexibility index (Phi) is 6.29. The summed E-state index contributed by atoms with van der Waals surface area (Å²) in [6, 6.07) is 2.44. The van der Waals surface area contributed by atoms with Gasteiger partial charge in [-0.15, -0.1) is 0 Å². The third-order valence-corrected chi connectivity index (χ3v) is 4.86. The van der Waals surface area contributed by atoms with E-state index in [4.69, 9.17) is 0 Å². The lowest BCUT2D eigenvalue weighted by molar-refractivity contribution is 0.109. The minimum absolute atomic E-state index is 0.360. The minimum atomic E-state index is -0.360. The first-order valence-electron chi connectivity index (χ1n) is 7.85. The summed E-state index contributed by atoms with van der Waals surface area (Å²) >= 11 is 0. The van der Waals surface area contributed by atoms with E-state index in [1.54, 1.807) is 0 Å². The van der Waals surface area contributed by atoms with Gasteiger partial charge in [-0.1, -0.05) is 27.2 Å². The second kappa shape index (κ2) is 7.26. The van der Waals surface area contributed by atoms with Crippen LogP contribution in [-0.2, 0) is 0 Å². The van der Waals surface area contributed by atoms with E-state index in [2.05, 4.69) is 37.1 Å². The third-order valence-electron chi connectivity index (χ3n) is 4.86. The van der Waals surface area contributed by atoms with E-state index in [9.17, 15) is 5.26 Å². The number of hydrogen-bond acceptors (Lipinski definition) is 3. The molecule has 110 valence electrons. The van der Waals surface area contributed by atoms with Gasteiger partial charge in [0.25, 0.3) is 0 Å². The summed E-state index contributed by atoms with van der Waals surface area (Å²) in [4.78, 5) is 2.53. The van der Waals surface area contributed by atoms with Crippen molar-refractivity contribution in [1.29, 1.82) is 5.26 Å². The van der Waals surface area contributed by atoms with Crippen LogP contribution < -0.4 is 5.32 Å². The predicted octanol–water partition coefficient (Wildman–Crippen LogP) is 3.17. The fourth-order valence-electron chi connectivity index (χ4n) is 2.64. The monoisotopic (exact) mass is 265 g/mol. The van der Waals surface area contributed by atoms with Crippen molar-refractivity contribution in [3.05, 3.63) is 0 Å². The van der Waals surface area contributed by atoms with Gasteiger partial charge < -0.3 is 4.90 Å². The molecule has 0 saturated carbocycles. The number of nitrogens with zero attached hydrogens (tertiary/aromatic N) is 2. The molecule has 1 rings (SSSR count). The Hall–Kier alpha value is -0.590. The lowest BCUT2D eigenvalue weighted by Crippen LogP contribution is -2.46. The smallest absolute Gasteiger partial charge is 0.105 e. The second-order valence-corrected chi connectivity index (χ2v) is 6.63. The SMILES string of the molecule is CCCNC(C)(C#N)CCN1CCC(C)(CC)CC1. The molecule has 0 aromatic carbocycles. The maximum absolute atomic E-state index is 9.33. The molecule has 0 aromatic heterocycles. The number of rotatable bonds is 7. The fourth-order valence-corrected chi connectivity index (χ4v) is 2.64. The zero-order valence-electron chi connectivity index (χ0n) is 13.3. The highest BCUT2D eigenvalue weighted by molar-refractivity contribution is 5.04. The Balaban J connectivity index is 2.35. The quantitative estimate of drug-likeness (QED) is 0.768. The third kappa shape index (κ3) is 5.12. The molecule has 3 nitrogen and oxygen atoms in total. The van der Waals surface area contributed by atoms with Crippen LogP contribution in [0.2, 0.25) is 0 Å². The van der Waals surface area contributed by atoms with Crippen molar-refractivity contribution in [1.82, 2.24) is 10.2 Å². The molecular formula is C16H31N3. The van der Waals surface area contributed by atoms with Crippen LogP contribution in [0.3, 0.4) is 0 Å². The molecule has 1 unspecified atom stereocenters. The Morgan fingerprint density at radius 3 is 2.42 bits per heavy atom. The molecule has 0 radical (unpaired) electrons. The van der Waals surface area contributed by atoms with Gasteiger partial charge in [-0.25, -0.2) is 0 Å². The molecule has 0 amide bonds. The summed E-state index contributed by atoms with van der Waals surface area (Å²) in [5.74, 6) is 0. The summed E-state index contributed by atoms with van der Waals surface area (Å²) in [6.45, 7) is 13.2. The van der Waals surface area contributed by atoms with E-state index in [-0.39, 0.29) is 5.54 Å². The van der Waals surface area contributed by atoms with Gasteiger partial charge in [0.2, 0.25) is 0 Å². The largest absolute Gasteiger partial charge is 0.303 e. The molecule has 1 aliphatic rings. The number of piperidine rings is 1. The van der Waals surface area contributed by atoms with Crippen molar-refractivity contribution in [2.24, 2.45) is 5.41 Å². The molecule has 0 bridgehead atoms. The van der Waals surface area contributed by atoms with Crippen LogP contribution in [0, 0.1) is 16.7 Å². The predicted molar refractivity (Wildman–Crippen MR) is 81.0 cm³/mol. The molecule has 0 aliphatic carbocycles. The Bertz CT molecular complexity index is 300. The van der Waals surface area contributed by atoms with Gasteiger partial charge in [0.1, 0.15) is 5.54 Å². The van der Waals surface area contributed by atoms with Crippen molar-refractivity contribution >= 4 is 0 Å². The average Bonchev–Trinajstić information content (AvgIpc) is 2.44. The van der Waals surface area contributed by atoms with Gasteiger partial charge in [-0.3, -0.25) is 5.32 Å². The van der Waals surface area contributed by atoms with E-state index < -0.39 is 0 Å². The average molecular weight is 265 g/mol. The van der Waals surface area contributed by atoms with Crippen LogP contribution in [-0.4, -0.2) is 36.6 Å². The summed E-state index contributed by atoms with van der Waals surface area (Å²) in [6.07, 6.45) is 5.89. The molecule has 3 heteroatoms. The molecule has 1 saturated heterocycles. The second-order valence-electron chi connectivity index (χ2n) is 6.63. The van der Waals surface area contributed by atoms with Crippen molar-refractivity contribution < 1.29 is 0 Å². The molecule has 1 atom stereocenters. The molecule has 19 heavy (non-hydrogen) atoms. The molecular weight excluding hydrogens is 234 g/mol. The van der Waals surface area contributed by atoms with Gasteiger partial charge in [-0.2, -0.15) is 5.26 Å². The van der Waals surface area contributed by atoms with Crippen LogP contribution in [0.5, 0.6) is 0 Å². The minimum Gasteiger partial charge on any atom is -0.303 e. The van der Waals surface area contributed by atoms with Gasteiger partial charge in [0.05, 0.1) is 6.07 Å². The molecule has 0 aromatic rings. The zero-order valence-corrected chi connectivity index (χ0v) is 13.3. The molecule has 1 N–H and O–H groups in total. The van der Waals surface area contributed by atoms with E-state index in [0.717, 1.165) is 25.9 Å². The number of likely N-dealkylation sites (tertiary alicyclic amines) is 1. The van der Waals surface area contributed by atoms with Crippen LogP contribution in [0.1, 0.15) is 59.8 Å². The van der Waals surface area contributed by atoms with Crippen molar-refractivity contribution in [2.75, 3.05) is 26.2 Å². The standard InChI is InChI=1S/C16H31N3/c1-5-10-18-16(4,14-17)9-13-19-11-7-15(3,6-2)8-12-19/h18H,5-13H2,1-4H3. The zero-order chi connectivity index (χ0) is 14.4. The Morgan fingerprint density at radius 2 is 1.95 bits per heavy atom. The topological polar surface area (TPSA) is 39.1 Å². The van der Waals surface area contributed by atoms with E-state index in [1.807, 2.05) is 6.92 Å². The van der Waals surface area contributed by atoms with Gasteiger partial charge in [0.15, 0.2) is 0 Å². The molecule has 1 aliphatic heterocycles.